The number of aromatic amines is 2. The van der Waals surface area contributed by atoms with E-state index in [-0.39, 0.29) is 17.0 Å². The number of anilines is 1. The molecule has 1 amide bonds. The third-order valence-electron chi connectivity index (χ3n) is 5.95. The number of hydrogen-bond donors (Lipinski definition) is 3. The van der Waals surface area contributed by atoms with Crippen molar-refractivity contribution in [3.05, 3.63) is 59.7 Å². The lowest BCUT2D eigenvalue weighted by Gasteiger charge is -2.17. The average molecular weight is 513 g/mol. The molecule has 0 aromatic carbocycles. The van der Waals surface area contributed by atoms with E-state index in [1.807, 2.05) is 37.6 Å². The van der Waals surface area contributed by atoms with Gasteiger partial charge in [0.1, 0.15) is 16.9 Å². The molecule has 11 heteroatoms. The molecule has 0 saturated heterocycles. The number of H-pyrrole nitrogens is 2. The van der Waals surface area contributed by atoms with Gasteiger partial charge in [0, 0.05) is 28.9 Å². The van der Waals surface area contributed by atoms with Crippen LogP contribution in [0.2, 0.25) is 0 Å². The standard InChI is InChI=1S/C26H21FN8OS/c1-26(2,3)25(36)31-15-6-14(7-28-8-15)21-20(27)19-17(11-30-21)34-35-23(19)24-32-18-10-29-9-16(22(18)33-24)13-4-5-37-12-13/h4-12H,1-3H3,(H,31,36)(H,32,33)(H,34,35). The van der Waals surface area contributed by atoms with Crippen molar-refractivity contribution in [1.29, 1.82) is 0 Å². The highest BCUT2D eigenvalue weighted by Gasteiger charge is 2.23. The molecule has 37 heavy (non-hydrogen) atoms. The second-order valence-corrected chi connectivity index (χ2v) is 10.4. The van der Waals surface area contributed by atoms with Crippen molar-refractivity contribution >= 4 is 44.9 Å². The van der Waals surface area contributed by atoms with Gasteiger partial charge in [-0.2, -0.15) is 16.4 Å². The first-order chi connectivity index (χ1) is 17.8. The Morgan fingerprint density at radius 2 is 1.86 bits per heavy atom. The first-order valence-electron chi connectivity index (χ1n) is 11.5. The topological polar surface area (TPSA) is 125 Å². The normalized spacial score (nSPS) is 11.9. The number of nitrogens with zero attached hydrogens (tertiary/aromatic N) is 5. The van der Waals surface area contributed by atoms with Crippen molar-refractivity contribution in [2.24, 2.45) is 5.41 Å². The largest absolute Gasteiger partial charge is 0.335 e. The number of amides is 1. The lowest BCUT2D eigenvalue weighted by atomic mass is 9.95. The molecule has 0 fully saturated rings. The maximum atomic E-state index is 16.0. The number of thiophene rings is 1. The summed E-state index contributed by atoms with van der Waals surface area (Å²) >= 11 is 1.59. The zero-order valence-electron chi connectivity index (χ0n) is 20.1. The van der Waals surface area contributed by atoms with Gasteiger partial charge in [0.05, 0.1) is 40.7 Å². The quantitative estimate of drug-likeness (QED) is 0.274. The van der Waals surface area contributed by atoms with E-state index < -0.39 is 11.2 Å². The SMILES string of the molecule is CC(C)(C)C(=O)Nc1cncc(-c2ncc3[nH]nc(-c4nc5c(-c6ccsc6)cncc5[nH]4)c3c2F)c1. The summed E-state index contributed by atoms with van der Waals surface area (Å²) < 4.78 is 16.0. The molecule has 6 rings (SSSR count). The van der Waals surface area contributed by atoms with Crippen LogP contribution >= 0.6 is 11.3 Å². The molecule has 0 saturated carbocycles. The lowest BCUT2D eigenvalue weighted by molar-refractivity contribution is -0.123. The molecule has 184 valence electrons. The van der Waals surface area contributed by atoms with Crippen LogP contribution in [0.4, 0.5) is 10.1 Å². The van der Waals surface area contributed by atoms with E-state index in [1.54, 1.807) is 29.8 Å². The summed E-state index contributed by atoms with van der Waals surface area (Å²) in [4.78, 5) is 33.2. The van der Waals surface area contributed by atoms with Crippen LogP contribution in [0.3, 0.4) is 0 Å². The number of imidazole rings is 1. The van der Waals surface area contributed by atoms with Crippen LogP contribution in [-0.2, 0) is 4.79 Å². The molecular weight excluding hydrogens is 491 g/mol. The number of fused-ring (bicyclic) bond motifs is 2. The molecule has 0 aliphatic carbocycles. The van der Waals surface area contributed by atoms with E-state index in [2.05, 4.69) is 35.5 Å². The Bertz CT molecular complexity index is 1780. The van der Waals surface area contributed by atoms with Gasteiger partial charge in [-0.15, -0.1) is 0 Å². The van der Waals surface area contributed by atoms with E-state index in [4.69, 9.17) is 4.98 Å². The Labute approximate surface area is 214 Å². The smallest absolute Gasteiger partial charge is 0.229 e. The minimum atomic E-state index is -0.588. The van der Waals surface area contributed by atoms with E-state index >= 15 is 4.39 Å². The van der Waals surface area contributed by atoms with Crippen LogP contribution in [0.15, 0.2) is 53.9 Å². The molecule has 9 nitrogen and oxygen atoms in total. The Morgan fingerprint density at radius 1 is 1.03 bits per heavy atom. The van der Waals surface area contributed by atoms with Gasteiger partial charge in [0.2, 0.25) is 5.91 Å². The minimum Gasteiger partial charge on any atom is -0.335 e. The number of halogens is 1. The monoisotopic (exact) mass is 512 g/mol. The molecule has 6 aromatic rings. The maximum absolute atomic E-state index is 16.0. The van der Waals surface area contributed by atoms with Crippen molar-refractivity contribution in [1.82, 2.24) is 35.1 Å². The number of pyridine rings is 3. The van der Waals surface area contributed by atoms with Crippen LogP contribution in [0.1, 0.15) is 20.8 Å². The fraction of sp³-hybridized carbons (Fsp3) is 0.154. The number of rotatable bonds is 4. The molecular formula is C26H21FN8OS. The Kier molecular flexibility index (Phi) is 5.30. The van der Waals surface area contributed by atoms with E-state index in [1.165, 1.54) is 18.6 Å². The number of hydrogen-bond acceptors (Lipinski definition) is 7. The summed E-state index contributed by atoms with van der Waals surface area (Å²) in [5.41, 5.74) is 4.47. The summed E-state index contributed by atoms with van der Waals surface area (Å²) in [6, 6.07) is 3.65. The molecule has 0 atom stereocenters. The van der Waals surface area contributed by atoms with Gasteiger partial charge in [0.15, 0.2) is 11.6 Å². The van der Waals surface area contributed by atoms with Gasteiger partial charge in [-0.05, 0) is 28.5 Å². The van der Waals surface area contributed by atoms with Crippen LogP contribution in [-0.4, -0.2) is 41.0 Å². The zero-order valence-corrected chi connectivity index (χ0v) is 20.9. The predicted octanol–water partition coefficient (Wildman–Crippen LogP) is 5.81. The number of nitrogens with one attached hydrogen (secondary N) is 3. The van der Waals surface area contributed by atoms with Crippen molar-refractivity contribution in [3.63, 3.8) is 0 Å². The van der Waals surface area contributed by atoms with Gasteiger partial charge in [-0.25, -0.2) is 9.37 Å². The first-order valence-corrected chi connectivity index (χ1v) is 12.4. The fourth-order valence-corrected chi connectivity index (χ4v) is 4.63. The van der Waals surface area contributed by atoms with Gasteiger partial charge < -0.3 is 10.3 Å². The third kappa shape index (κ3) is 4.02. The minimum absolute atomic E-state index is 0.0891. The second kappa shape index (κ2) is 8.56. The van der Waals surface area contributed by atoms with Crippen LogP contribution < -0.4 is 5.32 Å². The molecule has 0 unspecified atom stereocenters. The van der Waals surface area contributed by atoms with Crippen molar-refractivity contribution in [3.8, 4) is 33.9 Å². The van der Waals surface area contributed by atoms with Crippen LogP contribution in [0.5, 0.6) is 0 Å². The summed E-state index contributed by atoms with van der Waals surface area (Å²) in [6.07, 6.45) is 7.98. The van der Waals surface area contributed by atoms with Crippen molar-refractivity contribution in [2.45, 2.75) is 20.8 Å². The Hall–Kier alpha value is -4.51. The number of aromatic nitrogens is 7. The zero-order chi connectivity index (χ0) is 25.7. The average Bonchev–Trinajstić information content (AvgIpc) is 3.63. The highest BCUT2D eigenvalue weighted by atomic mass is 32.1. The molecule has 6 heterocycles. The van der Waals surface area contributed by atoms with E-state index in [0.717, 1.165) is 22.2 Å². The molecule has 3 N–H and O–H groups in total. The summed E-state index contributed by atoms with van der Waals surface area (Å²) in [7, 11) is 0. The molecule has 6 aromatic heterocycles. The van der Waals surface area contributed by atoms with Crippen molar-refractivity contribution in [2.75, 3.05) is 5.32 Å². The Morgan fingerprint density at radius 3 is 2.65 bits per heavy atom. The van der Waals surface area contributed by atoms with Gasteiger partial charge in [-0.3, -0.25) is 24.8 Å². The highest BCUT2D eigenvalue weighted by Crippen LogP contribution is 2.35. The van der Waals surface area contributed by atoms with Gasteiger partial charge in [0.25, 0.3) is 0 Å². The summed E-state index contributed by atoms with van der Waals surface area (Å²) in [5.74, 6) is -0.335. The second-order valence-electron chi connectivity index (χ2n) is 9.63. The molecule has 0 aliphatic rings. The van der Waals surface area contributed by atoms with Crippen LogP contribution in [0, 0.1) is 11.2 Å². The summed E-state index contributed by atoms with van der Waals surface area (Å²) in [5, 5.41) is 14.3. The fourth-order valence-electron chi connectivity index (χ4n) is 3.98. The number of carbonyl (C=O) groups is 1. The Balaban J connectivity index is 1.44. The predicted molar refractivity (Wildman–Crippen MR) is 141 cm³/mol. The van der Waals surface area contributed by atoms with Gasteiger partial charge in [-0.1, -0.05) is 20.8 Å². The lowest BCUT2D eigenvalue weighted by Crippen LogP contribution is -2.27. The molecule has 0 spiro atoms. The molecule has 0 aliphatic heterocycles. The first kappa shape index (κ1) is 22.9. The summed E-state index contributed by atoms with van der Waals surface area (Å²) in [6.45, 7) is 5.44. The third-order valence-corrected chi connectivity index (χ3v) is 6.63. The molecule has 0 bridgehead atoms. The maximum Gasteiger partial charge on any atom is 0.229 e. The van der Waals surface area contributed by atoms with Gasteiger partial charge >= 0.3 is 0 Å². The van der Waals surface area contributed by atoms with E-state index in [9.17, 15) is 4.79 Å². The highest BCUT2D eigenvalue weighted by molar-refractivity contribution is 7.08. The van der Waals surface area contributed by atoms with Crippen molar-refractivity contribution < 1.29 is 9.18 Å². The van der Waals surface area contributed by atoms with E-state index in [0.29, 0.717) is 28.3 Å². The van der Waals surface area contributed by atoms with Crippen LogP contribution in [0.25, 0.3) is 55.8 Å². The number of carbonyl (C=O) groups excluding carboxylic acids is 1. The molecule has 0 radical (unpaired) electrons.